The third-order valence-corrected chi connectivity index (χ3v) is 4.95. The first kappa shape index (κ1) is 28.5. The van der Waals surface area contributed by atoms with Crippen LogP contribution in [0.5, 0.6) is 0 Å². The number of thiol groups is 1. The van der Waals surface area contributed by atoms with Crippen molar-refractivity contribution in [2.75, 3.05) is 12.3 Å². The van der Waals surface area contributed by atoms with Gasteiger partial charge >= 0.3 is 5.97 Å². The van der Waals surface area contributed by atoms with Crippen LogP contribution in [-0.2, 0) is 19.2 Å². The summed E-state index contributed by atoms with van der Waals surface area (Å²) in [6.07, 6.45) is 1.01. The molecule has 0 aromatic carbocycles. The first-order valence-electron chi connectivity index (χ1n) is 10.00. The van der Waals surface area contributed by atoms with Gasteiger partial charge in [-0.2, -0.15) is 12.6 Å². The number of amides is 3. The highest BCUT2D eigenvalue weighted by atomic mass is 32.1. The van der Waals surface area contributed by atoms with E-state index >= 15 is 0 Å². The molecule has 5 atom stereocenters. The fourth-order valence-corrected chi connectivity index (χ4v) is 2.74. The van der Waals surface area contributed by atoms with Gasteiger partial charge in [-0.25, -0.2) is 4.79 Å². The summed E-state index contributed by atoms with van der Waals surface area (Å²) >= 11 is 4.06. The van der Waals surface area contributed by atoms with Gasteiger partial charge in [0.2, 0.25) is 17.7 Å². The van der Waals surface area contributed by atoms with Crippen LogP contribution in [0.4, 0.5) is 0 Å². The Bertz CT molecular complexity index is 655. The lowest BCUT2D eigenvalue weighted by molar-refractivity contribution is -0.143. The van der Waals surface area contributed by atoms with Crippen molar-refractivity contribution < 1.29 is 24.3 Å². The van der Waals surface area contributed by atoms with Crippen molar-refractivity contribution in [3.05, 3.63) is 0 Å². The van der Waals surface area contributed by atoms with Crippen LogP contribution < -0.4 is 33.2 Å². The van der Waals surface area contributed by atoms with Gasteiger partial charge in [0.15, 0.2) is 5.96 Å². The molecule has 0 aliphatic heterocycles. The van der Waals surface area contributed by atoms with Crippen LogP contribution in [0.3, 0.4) is 0 Å². The van der Waals surface area contributed by atoms with Crippen molar-refractivity contribution in [3.8, 4) is 0 Å². The first-order valence-corrected chi connectivity index (χ1v) is 10.6. The Morgan fingerprint density at radius 3 is 2.00 bits per heavy atom. The largest absolute Gasteiger partial charge is 0.480 e. The summed E-state index contributed by atoms with van der Waals surface area (Å²) in [5.41, 5.74) is 16.1. The van der Waals surface area contributed by atoms with Crippen LogP contribution in [0.1, 0.15) is 40.0 Å². The van der Waals surface area contributed by atoms with Crippen LogP contribution in [0, 0.1) is 5.92 Å². The summed E-state index contributed by atoms with van der Waals surface area (Å²) in [4.78, 5) is 52.6. The highest BCUT2D eigenvalue weighted by Crippen LogP contribution is 2.09. The lowest BCUT2D eigenvalue weighted by Crippen LogP contribution is -2.58. The molecule has 3 amide bonds. The fraction of sp³-hybridized carbons (Fsp3) is 0.722. The molecule has 0 heterocycles. The fourth-order valence-electron chi connectivity index (χ4n) is 2.48. The summed E-state index contributed by atoms with van der Waals surface area (Å²) in [7, 11) is 0. The van der Waals surface area contributed by atoms with Crippen LogP contribution in [0.25, 0.3) is 0 Å². The molecule has 31 heavy (non-hydrogen) atoms. The molecule has 0 bridgehead atoms. The molecule has 178 valence electrons. The van der Waals surface area contributed by atoms with Gasteiger partial charge < -0.3 is 38.3 Å². The molecule has 12 nitrogen and oxygen atoms in total. The zero-order chi connectivity index (χ0) is 24.1. The molecule has 0 spiro atoms. The second-order valence-corrected chi connectivity index (χ2v) is 7.62. The number of carbonyl (C=O) groups excluding carboxylic acids is 3. The van der Waals surface area contributed by atoms with Gasteiger partial charge in [0, 0.05) is 12.3 Å². The van der Waals surface area contributed by atoms with E-state index in [0.717, 1.165) is 0 Å². The standard InChI is InChI=1S/C18H35N7O5S/c1-4-9(2)13(17(29)30)25-15(27)11(6-5-7-22-18(20)21)23-16(28)12(8-31)24-14(26)10(3)19/h9-13,31H,4-8,19H2,1-3H3,(H,23,28)(H,24,26)(H,25,27)(H,29,30)(H4,20,21,22). The van der Waals surface area contributed by atoms with Crippen LogP contribution in [0.2, 0.25) is 0 Å². The van der Waals surface area contributed by atoms with E-state index < -0.39 is 47.9 Å². The van der Waals surface area contributed by atoms with Gasteiger partial charge in [-0.3, -0.25) is 19.4 Å². The summed E-state index contributed by atoms with van der Waals surface area (Å²) < 4.78 is 0. The molecule has 0 aromatic heterocycles. The minimum Gasteiger partial charge on any atom is -0.480 e. The molecular weight excluding hydrogens is 426 g/mol. The van der Waals surface area contributed by atoms with Gasteiger partial charge in [0.05, 0.1) is 6.04 Å². The number of carbonyl (C=O) groups is 4. The molecule has 0 aliphatic rings. The Labute approximate surface area is 187 Å². The Kier molecular flexibility index (Phi) is 13.3. The molecule has 5 unspecified atom stereocenters. The molecule has 0 radical (unpaired) electrons. The zero-order valence-corrected chi connectivity index (χ0v) is 19.0. The number of hydrogen-bond acceptors (Lipinski definition) is 7. The van der Waals surface area contributed by atoms with E-state index in [4.69, 9.17) is 17.2 Å². The normalized spacial score (nSPS) is 15.5. The van der Waals surface area contributed by atoms with E-state index in [1.165, 1.54) is 6.92 Å². The number of nitrogens with zero attached hydrogens (tertiary/aromatic N) is 1. The van der Waals surface area contributed by atoms with E-state index in [2.05, 4.69) is 33.6 Å². The number of nitrogens with two attached hydrogens (primary N) is 3. The van der Waals surface area contributed by atoms with Crippen LogP contribution in [-0.4, -0.2) is 71.2 Å². The molecule has 0 aromatic rings. The summed E-state index contributed by atoms with van der Waals surface area (Å²) in [6, 6.07) is -4.05. The van der Waals surface area contributed by atoms with Crippen molar-refractivity contribution in [3.63, 3.8) is 0 Å². The second kappa shape index (κ2) is 14.5. The minimum atomic E-state index is -1.18. The molecule has 0 fully saturated rings. The number of guanidine groups is 1. The maximum atomic E-state index is 12.8. The number of carboxylic acid groups (broad SMARTS) is 1. The summed E-state index contributed by atoms with van der Waals surface area (Å²) in [6.45, 7) is 5.18. The van der Waals surface area contributed by atoms with Crippen molar-refractivity contribution in [2.45, 2.75) is 64.2 Å². The van der Waals surface area contributed by atoms with E-state index in [-0.39, 0.29) is 30.6 Å². The first-order chi connectivity index (χ1) is 14.4. The smallest absolute Gasteiger partial charge is 0.326 e. The van der Waals surface area contributed by atoms with Crippen molar-refractivity contribution >= 4 is 42.3 Å². The number of hydrogen-bond donors (Lipinski definition) is 8. The molecule has 0 rings (SSSR count). The number of carboxylic acids is 1. The monoisotopic (exact) mass is 461 g/mol. The summed E-state index contributed by atoms with van der Waals surface area (Å²) in [5, 5.41) is 16.9. The van der Waals surface area contributed by atoms with E-state index in [0.29, 0.717) is 12.8 Å². The highest BCUT2D eigenvalue weighted by Gasteiger charge is 2.31. The molecule has 13 heteroatoms. The predicted molar refractivity (Wildman–Crippen MR) is 120 cm³/mol. The maximum absolute atomic E-state index is 12.8. The maximum Gasteiger partial charge on any atom is 0.326 e. The molecule has 0 saturated heterocycles. The number of nitrogens with one attached hydrogen (secondary N) is 3. The lowest BCUT2D eigenvalue weighted by Gasteiger charge is -2.26. The van der Waals surface area contributed by atoms with Crippen molar-refractivity contribution in [1.29, 1.82) is 0 Å². The molecule has 0 aliphatic carbocycles. The number of rotatable bonds is 14. The lowest BCUT2D eigenvalue weighted by atomic mass is 9.98. The molecule has 0 saturated carbocycles. The van der Waals surface area contributed by atoms with Gasteiger partial charge in [0.1, 0.15) is 18.1 Å². The van der Waals surface area contributed by atoms with Crippen LogP contribution >= 0.6 is 12.6 Å². The third kappa shape index (κ3) is 10.9. The average molecular weight is 462 g/mol. The topological polar surface area (TPSA) is 215 Å². The van der Waals surface area contributed by atoms with Gasteiger partial charge in [-0.1, -0.05) is 20.3 Å². The summed E-state index contributed by atoms with van der Waals surface area (Å²) in [5.74, 6) is -3.51. The zero-order valence-electron chi connectivity index (χ0n) is 18.1. The Balaban J connectivity index is 5.40. The SMILES string of the molecule is CCC(C)C(NC(=O)C(CCCN=C(N)N)NC(=O)C(CS)NC(=O)C(C)N)C(=O)O. The van der Waals surface area contributed by atoms with Gasteiger partial charge in [-0.05, 0) is 25.7 Å². The van der Waals surface area contributed by atoms with E-state index in [9.17, 15) is 24.3 Å². The molecular formula is C18H35N7O5S. The number of aliphatic imine (C=N–C) groups is 1. The molecule has 10 N–H and O–H groups in total. The number of aliphatic carboxylic acids is 1. The van der Waals surface area contributed by atoms with Crippen molar-refractivity contribution in [1.82, 2.24) is 16.0 Å². The minimum absolute atomic E-state index is 0.0305. The Hall–Kier alpha value is -2.54. The van der Waals surface area contributed by atoms with E-state index in [1.807, 2.05) is 0 Å². The van der Waals surface area contributed by atoms with E-state index in [1.54, 1.807) is 13.8 Å². The Morgan fingerprint density at radius 2 is 1.55 bits per heavy atom. The highest BCUT2D eigenvalue weighted by molar-refractivity contribution is 7.80. The van der Waals surface area contributed by atoms with Gasteiger partial charge in [-0.15, -0.1) is 0 Å². The predicted octanol–water partition coefficient (Wildman–Crippen LogP) is -2.10. The third-order valence-electron chi connectivity index (χ3n) is 4.58. The van der Waals surface area contributed by atoms with Crippen molar-refractivity contribution in [2.24, 2.45) is 28.1 Å². The average Bonchev–Trinajstić information content (AvgIpc) is 2.70. The quantitative estimate of drug-likeness (QED) is 0.0619. The van der Waals surface area contributed by atoms with Crippen LogP contribution in [0.15, 0.2) is 4.99 Å². The second-order valence-electron chi connectivity index (χ2n) is 7.25. The Morgan fingerprint density at radius 1 is 1.00 bits per heavy atom. The van der Waals surface area contributed by atoms with Gasteiger partial charge in [0.25, 0.3) is 0 Å².